The van der Waals surface area contributed by atoms with Crippen molar-refractivity contribution in [2.24, 2.45) is 62.6 Å². The molecule has 6 fully saturated rings. The van der Waals surface area contributed by atoms with Crippen LogP contribution in [0.2, 0.25) is 0 Å². The molecule has 1 heterocycles. The number of aliphatic hydroxyl groups is 3. The van der Waals surface area contributed by atoms with Crippen LogP contribution in [-0.2, 0) is 14.3 Å². The first-order chi connectivity index (χ1) is 20.9. The van der Waals surface area contributed by atoms with Gasteiger partial charge in [-0.1, -0.05) is 46.8 Å². The molecule has 15 atom stereocenters. The van der Waals surface area contributed by atoms with Gasteiger partial charge in [-0.15, -0.1) is 0 Å². The molecule has 0 aromatic rings. The highest BCUT2D eigenvalue weighted by Gasteiger charge is 2.72. The molecule has 5 aliphatic carbocycles. The van der Waals surface area contributed by atoms with Gasteiger partial charge in [0.1, 0.15) is 18.3 Å². The van der Waals surface area contributed by atoms with Gasteiger partial charge in [0, 0.05) is 0 Å². The number of aliphatic carboxylic acids is 2. The molecule has 8 nitrogen and oxygen atoms in total. The number of aliphatic hydroxyl groups excluding tert-OH is 3. The topological polar surface area (TPSA) is 145 Å². The van der Waals surface area contributed by atoms with Crippen LogP contribution in [0.3, 0.4) is 0 Å². The monoisotopic (exact) mass is 630 g/mol. The maximum absolute atomic E-state index is 12.9. The molecule has 45 heavy (non-hydrogen) atoms. The first-order valence-corrected chi connectivity index (χ1v) is 17.7. The van der Waals surface area contributed by atoms with E-state index in [4.69, 9.17) is 4.74 Å². The Kier molecular flexibility index (Phi) is 7.99. The predicted octanol–water partition coefficient (Wildman–Crippen LogP) is 5.67. The number of rotatable bonds is 5. The van der Waals surface area contributed by atoms with Crippen molar-refractivity contribution in [1.29, 1.82) is 0 Å². The minimum Gasteiger partial charge on any atom is -0.481 e. The third kappa shape index (κ3) is 4.43. The number of hydrogen-bond donors (Lipinski definition) is 5. The van der Waals surface area contributed by atoms with Crippen molar-refractivity contribution in [2.75, 3.05) is 0 Å². The van der Waals surface area contributed by atoms with Crippen molar-refractivity contribution in [3.8, 4) is 0 Å². The van der Waals surface area contributed by atoms with Gasteiger partial charge in [0.05, 0.1) is 11.5 Å². The molecule has 5 N–H and O–H groups in total. The molecule has 8 heteroatoms. The molecule has 0 radical (unpaired) electrons. The number of allylic oxidation sites excluding steroid dienone is 1. The first-order valence-electron chi connectivity index (χ1n) is 17.7. The van der Waals surface area contributed by atoms with Crippen molar-refractivity contribution in [3.05, 3.63) is 12.2 Å². The lowest BCUT2D eigenvalue weighted by Crippen LogP contribution is -2.67. The van der Waals surface area contributed by atoms with Gasteiger partial charge in [0.25, 0.3) is 0 Å². The Morgan fingerprint density at radius 1 is 0.778 bits per heavy atom. The Labute approximate surface area is 269 Å². The largest absolute Gasteiger partial charge is 0.481 e. The molecule has 0 aromatic carbocycles. The summed E-state index contributed by atoms with van der Waals surface area (Å²) in [6.45, 7) is 18.7. The van der Waals surface area contributed by atoms with Crippen molar-refractivity contribution in [2.45, 2.75) is 143 Å². The van der Waals surface area contributed by atoms with E-state index in [9.17, 15) is 35.1 Å². The number of fused-ring (bicyclic) bond motifs is 7. The molecule has 254 valence electrons. The zero-order valence-electron chi connectivity index (χ0n) is 28.3. The Balaban J connectivity index is 1.27. The Morgan fingerprint density at radius 3 is 2.09 bits per heavy atom. The van der Waals surface area contributed by atoms with Crippen LogP contribution in [0.25, 0.3) is 0 Å². The maximum atomic E-state index is 12.9. The molecule has 0 aromatic heterocycles. The van der Waals surface area contributed by atoms with Crippen LogP contribution >= 0.6 is 0 Å². The lowest BCUT2D eigenvalue weighted by Gasteiger charge is -2.73. The van der Waals surface area contributed by atoms with Crippen molar-refractivity contribution in [3.63, 3.8) is 0 Å². The lowest BCUT2D eigenvalue weighted by molar-refractivity contribution is -0.252. The van der Waals surface area contributed by atoms with Crippen LogP contribution < -0.4 is 0 Å². The number of carbonyl (C=O) groups is 2. The fraction of sp³-hybridized carbons (Fsp3) is 0.892. The van der Waals surface area contributed by atoms with E-state index in [0.29, 0.717) is 24.2 Å². The van der Waals surface area contributed by atoms with E-state index < -0.39 is 47.9 Å². The van der Waals surface area contributed by atoms with Gasteiger partial charge < -0.3 is 30.3 Å². The smallest absolute Gasteiger partial charge is 0.335 e. The zero-order chi connectivity index (χ0) is 33.1. The van der Waals surface area contributed by atoms with E-state index in [1.165, 1.54) is 0 Å². The Morgan fingerprint density at radius 2 is 1.47 bits per heavy atom. The van der Waals surface area contributed by atoms with Crippen LogP contribution in [-0.4, -0.2) is 68.0 Å². The first kappa shape index (κ1) is 33.4. The van der Waals surface area contributed by atoms with E-state index in [2.05, 4.69) is 48.1 Å². The molecule has 0 spiro atoms. The second-order valence-corrected chi connectivity index (χ2v) is 17.8. The zero-order valence-corrected chi connectivity index (χ0v) is 28.3. The summed E-state index contributed by atoms with van der Waals surface area (Å²) in [6.07, 6.45) is 3.27. The van der Waals surface area contributed by atoms with Crippen molar-refractivity contribution in [1.82, 2.24) is 0 Å². The van der Waals surface area contributed by atoms with Crippen LogP contribution in [0.5, 0.6) is 0 Å². The van der Waals surface area contributed by atoms with Gasteiger partial charge in [-0.3, -0.25) is 4.79 Å². The molecule has 1 aliphatic heterocycles. The molecular formula is C37H58O8. The highest BCUT2D eigenvalue weighted by molar-refractivity contribution is 5.76. The molecule has 0 amide bonds. The van der Waals surface area contributed by atoms with Crippen LogP contribution in [0.15, 0.2) is 12.2 Å². The van der Waals surface area contributed by atoms with E-state index in [1.54, 1.807) is 0 Å². The molecular weight excluding hydrogens is 572 g/mol. The molecule has 6 aliphatic rings. The van der Waals surface area contributed by atoms with Gasteiger partial charge in [-0.2, -0.15) is 0 Å². The summed E-state index contributed by atoms with van der Waals surface area (Å²) in [5.41, 5.74) is 0.712. The predicted molar refractivity (Wildman–Crippen MR) is 169 cm³/mol. The Hall–Kier alpha value is -1.48. The van der Waals surface area contributed by atoms with Gasteiger partial charge in [-0.25, -0.2) is 4.79 Å². The molecule has 5 saturated carbocycles. The highest BCUT2D eigenvalue weighted by atomic mass is 16.6. The minimum atomic E-state index is -1.67. The average molecular weight is 631 g/mol. The van der Waals surface area contributed by atoms with Crippen LogP contribution in [0.1, 0.15) is 112 Å². The van der Waals surface area contributed by atoms with Gasteiger partial charge in [-0.05, 0) is 135 Å². The molecule has 6 rings (SSSR count). The normalized spacial score (nSPS) is 53.8. The second-order valence-electron chi connectivity index (χ2n) is 17.8. The number of carboxylic acid groups (broad SMARTS) is 2. The lowest BCUT2D eigenvalue weighted by atomic mass is 9.32. The summed E-state index contributed by atoms with van der Waals surface area (Å²) in [6, 6.07) is 0. The van der Waals surface area contributed by atoms with E-state index >= 15 is 0 Å². The number of ether oxygens (including phenoxy) is 1. The third-order valence-electron chi connectivity index (χ3n) is 16.2. The molecule has 0 bridgehead atoms. The van der Waals surface area contributed by atoms with Gasteiger partial charge in [0.2, 0.25) is 0 Å². The minimum absolute atomic E-state index is 0.0649. The SMILES string of the molecule is C=C(C)[C@@H]1CC[C@]2(C(=O)O)CC[C@]3(C)C(CCC4[C@@]5(C)CC[C@@H](C[C@@H]6OC(C(=O)O)[C@@H](O)C(O)C6O)C(C)(C)C5CC[C@]43C)C12. The third-order valence-corrected chi connectivity index (χ3v) is 16.2. The van der Waals surface area contributed by atoms with E-state index in [0.717, 1.165) is 69.8 Å². The number of carboxylic acids is 2. The van der Waals surface area contributed by atoms with Gasteiger partial charge in [0.15, 0.2) is 6.10 Å². The summed E-state index contributed by atoms with van der Waals surface area (Å²) < 4.78 is 5.75. The van der Waals surface area contributed by atoms with Crippen molar-refractivity contribution < 1.29 is 39.9 Å². The summed E-state index contributed by atoms with van der Waals surface area (Å²) >= 11 is 0. The number of hydrogen-bond acceptors (Lipinski definition) is 6. The molecule has 7 unspecified atom stereocenters. The fourth-order valence-corrected chi connectivity index (χ4v) is 13.6. The van der Waals surface area contributed by atoms with Crippen LogP contribution in [0.4, 0.5) is 0 Å². The molecule has 1 saturated heterocycles. The fourth-order valence-electron chi connectivity index (χ4n) is 13.6. The van der Waals surface area contributed by atoms with Gasteiger partial charge >= 0.3 is 11.9 Å². The summed E-state index contributed by atoms with van der Waals surface area (Å²) in [7, 11) is 0. The quantitative estimate of drug-likeness (QED) is 0.245. The van der Waals surface area contributed by atoms with E-state index in [-0.39, 0.29) is 39.4 Å². The summed E-state index contributed by atoms with van der Waals surface area (Å²) in [5.74, 6) is 0.0272. The van der Waals surface area contributed by atoms with Crippen LogP contribution in [0, 0.1) is 62.6 Å². The average Bonchev–Trinajstić information content (AvgIpc) is 3.36. The van der Waals surface area contributed by atoms with Crippen molar-refractivity contribution >= 4 is 11.9 Å². The second kappa shape index (κ2) is 10.8. The summed E-state index contributed by atoms with van der Waals surface area (Å²) in [5, 5.41) is 51.7. The van der Waals surface area contributed by atoms with E-state index in [1.807, 2.05) is 0 Å². The summed E-state index contributed by atoms with van der Waals surface area (Å²) in [4.78, 5) is 24.7. The standard InChI is InChI=1S/C37H58O8/c1-19(2)21-11-15-37(32(43)44)17-16-35(6)22(26(21)37)8-9-25-34(5)13-10-20(33(3,4)24(34)12-14-36(25,35)7)18-23-27(38)28(39)29(40)30(45-23)31(41)42/h20-30,38-40H,1,8-18H2,2-7H3,(H,41,42)(H,43,44)/t20-,21-,22?,23-,24?,25?,26?,27?,28?,29-,30?,34-,35+,36+,37-/m0/s1. The maximum Gasteiger partial charge on any atom is 0.335 e. The highest BCUT2D eigenvalue weighted by Crippen LogP contribution is 2.78. The Bertz CT molecular complexity index is 1230.